The van der Waals surface area contributed by atoms with Crippen LogP contribution in [0.15, 0.2) is 5.16 Å². The van der Waals surface area contributed by atoms with Gasteiger partial charge in [0.2, 0.25) is 0 Å². The lowest BCUT2D eigenvalue weighted by Gasteiger charge is -2.29. The molecule has 13 heavy (non-hydrogen) atoms. The number of oxime groups is 1. The minimum Gasteiger partial charge on any atom is -0.411 e. The molecular formula is C11H21NO. The zero-order valence-electron chi connectivity index (χ0n) is 9.01. The number of hydrogen-bond acceptors (Lipinski definition) is 2. The van der Waals surface area contributed by atoms with E-state index >= 15 is 0 Å². The predicted octanol–water partition coefficient (Wildman–Crippen LogP) is 3.44. The van der Waals surface area contributed by atoms with Crippen LogP contribution in [0.25, 0.3) is 0 Å². The van der Waals surface area contributed by atoms with Crippen LogP contribution in [0.1, 0.15) is 52.9 Å². The van der Waals surface area contributed by atoms with Crippen LogP contribution in [-0.2, 0) is 0 Å². The Morgan fingerprint density at radius 3 is 2.46 bits per heavy atom. The van der Waals surface area contributed by atoms with Gasteiger partial charge in [0.25, 0.3) is 0 Å². The predicted molar refractivity (Wildman–Crippen MR) is 55.3 cm³/mol. The van der Waals surface area contributed by atoms with Crippen molar-refractivity contribution in [3.63, 3.8) is 0 Å². The molecule has 0 aromatic carbocycles. The second-order valence-corrected chi connectivity index (χ2v) is 5.16. The smallest absolute Gasteiger partial charge is 0.0571 e. The van der Waals surface area contributed by atoms with Crippen LogP contribution in [0, 0.1) is 11.3 Å². The molecule has 0 aliphatic heterocycles. The van der Waals surface area contributed by atoms with Crippen molar-refractivity contribution >= 4 is 5.71 Å². The molecular weight excluding hydrogens is 162 g/mol. The molecule has 0 radical (unpaired) electrons. The standard InChI is InChI=1S/C11H21NO/c1-11(2,3)9-5-4-6-10(12-13)8-7-9/h9,13H,4-8H2,1-3H3. The highest BCUT2D eigenvalue weighted by molar-refractivity contribution is 5.84. The highest BCUT2D eigenvalue weighted by Crippen LogP contribution is 2.35. The minimum absolute atomic E-state index is 0.408. The summed E-state index contributed by atoms with van der Waals surface area (Å²) in [4.78, 5) is 0. The first kappa shape index (κ1) is 10.6. The summed E-state index contributed by atoms with van der Waals surface area (Å²) < 4.78 is 0. The van der Waals surface area contributed by atoms with Gasteiger partial charge >= 0.3 is 0 Å². The summed E-state index contributed by atoms with van der Waals surface area (Å²) in [5.74, 6) is 0.784. The Kier molecular flexibility index (Phi) is 3.34. The van der Waals surface area contributed by atoms with Gasteiger partial charge in [0.05, 0.1) is 5.71 Å². The zero-order valence-corrected chi connectivity index (χ0v) is 9.01. The van der Waals surface area contributed by atoms with Gasteiger partial charge in [-0.1, -0.05) is 25.9 Å². The van der Waals surface area contributed by atoms with Gasteiger partial charge in [-0.2, -0.15) is 0 Å². The third-order valence-corrected chi connectivity index (χ3v) is 3.17. The first-order valence-corrected chi connectivity index (χ1v) is 5.24. The summed E-state index contributed by atoms with van der Waals surface area (Å²) >= 11 is 0. The van der Waals surface area contributed by atoms with Crippen LogP contribution in [0.5, 0.6) is 0 Å². The maximum atomic E-state index is 8.69. The van der Waals surface area contributed by atoms with Crippen molar-refractivity contribution in [1.82, 2.24) is 0 Å². The normalized spacial score (nSPS) is 28.8. The second-order valence-electron chi connectivity index (χ2n) is 5.16. The van der Waals surface area contributed by atoms with Crippen molar-refractivity contribution in [2.24, 2.45) is 16.5 Å². The molecule has 2 nitrogen and oxygen atoms in total. The van der Waals surface area contributed by atoms with Crippen LogP contribution in [0.4, 0.5) is 0 Å². The van der Waals surface area contributed by atoms with Crippen molar-refractivity contribution in [1.29, 1.82) is 0 Å². The lowest BCUT2D eigenvalue weighted by molar-refractivity contribution is 0.216. The van der Waals surface area contributed by atoms with E-state index in [-0.39, 0.29) is 0 Å². The van der Waals surface area contributed by atoms with E-state index in [4.69, 9.17) is 5.21 Å². The lowest BCUT2D eigenvalue weighted by Crippen LogP contribution is -2.19. The molecule has 0 bridgehead atoms. The van der Waals surface area contributed by atoms with E-state index in [1.807, 2.05) is 0 Å². The fourth-order valence-corrected chi connectivity index (χ4v) is 2.13. The van der Waals surface area contributed by atoms with E-state index in [0.717, 1.165) is 24.5 Å². The molecule has 76 valence electrons. The zero-order chi connectivity index (χ0) is 9.90. The Hall–Kier alpha value is -0.530. The first-order chi connectivity index (χ1) is 6.04. The second kappa shape index (κ2) is 4.12. The quantitative estimate of drug-likeness (QED) is 0.348. The summed E-state index contributed by atoms with van der Waals surface area (Å²) in [5.41, 5.74) is 1.40. The Bertz CT molecular complexity index is 191. The van der Waals surface area contributed by atoms with Crippen molar-refractivity contribution in [3.05, 3.63) is 0 Å². The number of hydrogen-bond donors (Lipinski definition) is 1. The van der Waals surface area contributed by atoms with Gasteiger partial charge < -0.3 is 5.21 Å². The van der Waals surface area contributed by atoms with Crippen molar-refractivity contribution in [2.45, 2.75) is 52.9 Å². The van der Waals surface area contributed by atoms with Gasteiger partial charge in [0.1, 0.15) is 0 Å². The van der Waals surface area contributed by atoms with E-state index in [1.54, 1.807) is 0 Å². The van der Waals surface area contributed by atoms with Crippen LogP contribution >= 0.6 is 0 Å². The SMILES string of the molecule is CC(C)(C)C1CCCC(=NO)CC1. The topological polar surface area (TPSA) is 32.6 Å². The van der Waals surface area contributed by atoms with Gasteiger partial charge in [-0.25, -0.2) is 0 Å². The van der Waals surface area contributed by atoms with Gasteiger partial charge in [0, 0.05) is 0 Å². The average molecular weight is 183 g/mol. The first-order valence-electron chi connectivity index (χ1n) is 5.24. The third kappa shape index (κ3) is 3.02. The molecule has 0 saturated heterocycles. The Morgan fingerprint density at radius 2 is 1.92 bits per heavy atom. The molecule has 0 amide bonds. The fraction of sp³-hybridized carbons (Fsp3) is 0.909. The van der Waals surface area contributed by atoms with E-state index in [1.165, 1.54) is 19.3 Å². The highest BCUT2D eigenvalue weighted by atomic mass is 16.4. The number of nitrogens with zero attached hydrogens (tertiary/aromatic N) is 1. The van der Waals surface area contributed by atoms with Crippen molar-refractivity contribution < 1.29 is 5.21 Å². The maximum Gasteiger partial charge on any atom is 0.0571 e. The summed E-state index contributed by atoms with van der Waals surface area (Å²) in [5, 5.41) is 12.0. The van der Waals surface area contributed by atoms with Gasteiger partial charge in [-0.05, 0) is 43.4 Å². The van der Waals surface area contributed by atoms with E-state index in [9.17, 15) is 0 Å². The van der Waals surface area contributed by atoms with Gasteiger partial charge in [0.15, 0.2) is 0 Å². The molecule has 1 N–H and O–H groups in total. The molecule has 1 fully saturated rings. The monoisotopic (exact) mass is 183 g/mol. The summed E-state index contributed by atoms with van der Waals surface area (Å²) in [6.45, 7) is 6.91. The minimum atomic E-state index is 0.408. The summed E-state index contributed by atoms with van der Waals surface area (Å²) in [7, 11) is 0. The Morgan fingerprint density at radius 1 is 1.23 bits per heavy atom. The van der Waals surface area contributed by atoms with Crippen LogP contribution in [0.2, 0.25) is 0 Å². The molecule has 1 aliphatic carbocycles. The third-order valence-electron chi connectivity index (χ3n) is 3.17. The molecule has 1 aliphatic rings. The van der Waals surface area contributed by atoms with Crippen LogP contribution in [0.3, 0.4) is 0 Å². The maximum absolute atomic E-state index is 8.69. The average Bonchev–Trinajstić information content (AvgIpc) is 2.26. The molecule has 0 heterocycles. The highest BCUT2D eigenvalue weighted by Gasteiger charge is 2.26. The summed E-state index contributed by atoms with van der Waals surface area (Å²) in [6, 6.07) is 0. The molecule has 2 heteroatoms. The van der Waals surface area contributed by atoms with E-state index in [0.29, 0.717) is 5.41 Å². The van der Waals surface area contributed by atoms with E-state index in [2.05, 4.69) is 25.9 Å². The largest absolute Gasteiger partial charge is 0.411 e. The molecule has 0 spiro atoms. The van der Waals surface area contributed by atoms with Crippen LogP contribution < -0.4 is 0 Å². The number of rotatable bonds is 0. The van der Waals surface area contributed by atoms with Crippen molar-refractivity contribution in [3.8, 4) is 0 Å². The summed E-state index contributed by atoms with van der Waals surface area (Å²) in [6.07, 6.45) is 5.62. The Labute approximate surface area is 81.0 Å². The molecule has 1 saturated carbocycles. The van der Waals surface area contributed by atoms with Crippen molar-refractivity contribution in [2.75, 3.05) is 0 Å². The molecule has 0 aromatic rings. The molecule has 1 atom stereocenters. The molecule has 1 unspecified atom stereocenters. The fourth-order valence-electron chi connectivity index (χ4n) is 2.13. The molecule has 1 rings (SSSR count). The Balaban J connectivity index is 2.55. The lowest BCUT2D eigenvalue weighted by atomic mass is 9.76. The van der Waals surface area contributed by atoms with Gasteiger partial charge in [-0.3, -0.25) is 0 Å². The van der Waals surface area contributed by atoms with E-state index < -0.39 is 0 Å². The van der Waals surface area contributed by atoms with Crippen LogP contribution in [-0.4, -0.2) is 10.9 Å². The molecule has 0 aromatic heterocycles. The van der Waals surface area contributed by atoms with Gasteiger partial charge in [-0.15, -0.1) is 0 Å².